The highest BCUT2D eigenvalue weighted by molar-refractivity contribution is 7.92. The molecule has 4 rings (SSSR count). The number of para-hydroxylation sites is 1. The summed E-state index contributed by atoms with van der Waals surface area (Å²) in [7, 11) is -5.57. The molecule has 2 heterocycles. The molecule has 0 spiro atoms. The molecule has 12 heteroatoms. The average Bonchev–Trinajstić information content (AvgIpc) is 2.99. The first-order chi connectivity index (χ1) is 16.8. The molecule has 36 heavy (non-hydrogen) atoms. The molecule has 0 bridgehead atoms. The van der Waals surface area contributed by atoms with Crippen molar-refractivity contribution in [3.8, 4) is 11.5 Å². The van der Waals surface area contributed by atoms with Crippen LogP contribution < -0.4 is 9.64 Å². The summed E-state index contributed by atoms with van der Waals surface area (Å²) in [6.07, 6.45) is 3.00. The van der Waals surface area contributed by atoms with Gasteiger partial charge in [0, 0.05) is 11.8 Å². The molecule has 0 aliphatic carbocycles. The molecule has 1 aliphatic heterocycles. The summed E-state index contributed by atoms with van der Waals surface area (Å²) >= 11 is 0. The molecular weight excluding hydrogens is 499 g/mol. The van der Waals surface area contributed by atoms with Crippen molar-refractivity contribution in [2.75, 3.05) is 4.90 Å². The third kappa shape index (κ3) is 4.39. The lowest BCUT2D eigenvalue weighted by molar-refractivity contribution is -0.123. The number of aromatic nitrogens is 1. The number of pyridine rings is 1. The Morgan fingerprint density at radius 2 is 1.61 bits per heavy atom. The lowest BCUT2D eigenvalue weighted by Crippen LogP contribution is -2.43. The molecular formula is C24H20F3N3O5S. The largest absolute Gasteiger partial charge is 0.501 e. The number of sulfone groups is 1. The first-order valence-corrected chi connectivity index (χ1v) is 12.1. The van der Waals surface area contributed by atoms with Crippen LogP contribution in [0.25, 0.3) is 0 Å². The molecule has 8 nitrogen and oxygen atoms in total. The molecule has 0 unspecified atom stereocenters. The Hall–Kier alpha value is -3.93. The highest BCUT2D eigenvalue weighted by atomic mass is 32.2. The van der Waals surface area contributed by atoms with Gasteiger partial charge in [0.15, 0.2) is 5.75 Å². The van der Waals surface area contributed by atoms with Crippen LogP contribution in [0.4, 0.5) is 23.7 Å². The number of amides is 3. The lowest BCUT2D eigenvalue weighted by atomic mass is 10.0. The minimum atomic E-state index is -5.57. The van der Waals surface area contributed by atoms with Crippen LogP contribution in [0.3, 0.4) is 0 Å². The van der Waals surface area contributed by atoms with E-state index in [0.717, 1.165) is 17.0 Å². The Bertz CT molecular complexity index is 1410. The van der Waals surface area contributed by atoms with E-state index in [2.05, 4.69) is 4.98 Å². The minimum Gasteiger partial charge on any atom is -0.455 e. The number of anilines is 1. The van der Waals surface area contributed by atoms with Crippen molar-refractivity contribution >= 4 is 27.5 Å². The minimum absolute atomic E-state index is 0.0285. The summed E-state index contributed by atoms with van der Waals surface area (Å²) in [4.78, 5) is 31.7. The number of carbonyl (C=O) groups is 2. The molecule has 1 aromatic heterocycles. The van der Waals surface area contributed by atoms with Gasteiger partial charge in [-0.25, -0.2) is 18.1 Å². The fourth-order valence-electron chi connectivity index (χ4n) is 3.65. The number of hydrogen-bond donors (Lipinski definition) is 0. The molecule has 3 aromatic rings. The highest BCUT2D eigenvalue weighted by Gasteiger charge is 2.52. The fraction of sp³-hybridized carbons (Fsp3) is 0.208. The number of halogens is 3. The van der Waals surface area contributed by atoms with Gasteiger partial charge in [0.25, 0.3) is 15.7 Å². The monoisotopic (exact) mass is 519 g/mol. The molecule has 0 atom stereocenters. The summed E-state index contributed by atoms with van der Waals surface area (Å²) in [5, 5.41) is 0. The Morgan fingerprint density at radius 3 is 2.22 bits per heavy atom. The SMILES string of the molecule is CC1(C)C(=O)N(c2ccc(S(=O)(=O)C(F)(F)F)cc2)C(=O)N1Cc1ccncc1Oc1ccccc1. The molecule has 0 radical (unpaired) electrons. The van der Waals surface area contributed by atoms with Gasteiger partial charge >= 0.3 is 11.5 Å². The maximum Gasteiger partial charge on any atom is 0.501 e. The molecule has 0 saturated carbocycles. The number of nitrogens with zero attached hydrogens (tertiary/aromatic N) is 3. The zero-order chi connectivity index (χ0) is 26.3. The molecule has 2 aromatic carbocycles. The maximum atomic E-state index is 13.3. The standard InChI is InChI=1S/C24H20F3N3O5S/c1-23(2)21(31)30(17-8-10-19(11-9-17)36(33,34)24(25,26)27)22(32)29(23)15-16-12-13-28-14-20(16)35-18-6-4-3-5-7-18/h3-14H,15H2,1-2H3. The summed E-state index contributed by atoms with van der Waals surface area (Å²) < 4.78 is 67.7. The third-order valence-corrected chi connectivity index (χ3v) is 7.21. The zero-order valence-electron chi connectivity index (χ0n) is 19.1. The number of rotatable bonds is 6. The second-order valence-electron chi connectivity index (χ2n) is 8.41. The van der Waals surface area contributed by atoms with Gasteiger partial charge in [-0.05, 0) is 56.3 Å². The Balaban J connectivity index is 1.62. The molecule has 0 N–H and O–H groups in total. The van der Waals surface area contributed by atoms with E-state index in [9.17, 15) is 31.2 Å². The van der Waals surface area contributed by atoms with Gasteiger partial charge in [-0.3, -0.25) is 9.78 Å². The smallest absolute Gasteiger partial charge is 0.455 e. The van der Waals surface area contributed by atoms with Gasteiger partial charge in [-0.2, -0.15) is 13.2 Å². The van der Waals surface area contributed by atoms with Crippen molar-refractivity contribution in [1.29, 1.82) is 0 Å². The summed E-state index contributed by atoms with van der Waals surface area (Å²) in [5.74, 6) is 0.295. The van der Waals surface area contributed by atoms with Crippen molar-refractivity contribution in [1.82, 2.24) is 9.88 Å². The van der Waals surface area contributed by atoms with E-state index in [4.69, 9.17) is 4.74 Å². The van der Waals surface area contributed by atoms with Gasteiger partial charge in [0.1, 0.15) is 11.3 Å². The van der Waals surface area contributed by atoms with Crippen LogP contribution in [0.5, 0.6) is 11.5 Å². The molecule has 1 saturated heterocycles. The van der Waals surface area contributed by atoms with Crippen LogP contribution in [-0.2, 0) is 21.2 Å². The van der Waals surface area contributed by atoms with Crippen molar-refractivity contribution in [2.24, 2.45) is 0 Å². The number of carbonyl (C=O) groups excluding carboxylic acids is 2. The van der Waals surface area contributed by atoms with Crippen molar-refractivity contribution in [3.63, 3.8) is 0 Å². The number of benzene rings is 2. The van der Waals surface area contributed by atoms with Crippen LogP contribution in [0, 0.1) is 0 Å². The van der Waals surface area contributed by atoms with Crippen LogP contribution in [-0.4, -0.2) is 41.3 Å². The van der Waals surface area contributed by atoms with Crippen molar-refractivity contribution in [3.05, 3.63) is 78.6 Å². The van der Waals surface area contributed by atoms with Crippen LogP contribution in [0.1, 0.15) is 19.4 Å². The van der Waals surface area contributed by atoms with E-state index < -0.39 is 37.7 Å². The second-order valence-corrected chi connectivity index (χ2v) is 10.4. The van der Waals surface area contributed by atoms with Crippen molar-refractivity contribution < 1.29 is 35.9 Å². The average molecular weight is 520 g/mol. The second kappa shape index (κ2) is 8.94. The molecule has 1 fully saturated rings. The van der Waals surface area contributed by atoms with E-state index >= 15 is 0 Å². The maximum absolute atomic E-state index is 13.3. The van der Waals surface area contributed by atoms with Crippen molar-refractivity contribution in [2.45, 2.75) is 36.3 Å². The van der Waals surface area contributed by atoms with E-state index in [1.807, 2.05) is 6.07 Å². The predicted octanol–water partition coefficient (Wildman–Crippen LogP) is 4.91. The Labute approximate surface area is 204 Å². The van der Waals surface area contributed by atoms with Crippen LogP contribution in [0.2, 0.25) is 0 Å². The van der Waals surface area contributed by atoms with Crippen LogP contribution in [0.15, 0.2) is 78.0 Å². The number of imide groups is 1. The summed E-state index contributed by atoms with van der Waals surface area (Å²) in [6, 6.07) is 13.2. The lowest BCUT2D eigenvalue weighted by Gasteiger charge is -2.28. The number of ether oxygens (including phenoxy) is 1. The molecule has 188 valence electrons. The zero-order valence-corrected chi connectivity index (χ0v) is 19.9. The Kier molecular flexibility index (Phi) is 6.25. The Morgan fingerprint density at radius 1 is 0.972 bits per heavy atom. The van der Waals surface area contributed by atoms with E-state index in [1.165, 1.54) is 31.1 Å². The summed E-state index contributed by atoms with van der Waals surface area (Å²) in [6.45, 7) is 3.04. The van der Waals surface area contributed by atoms with Gasteiger partial charge in [0.05, 0.1) is 23.3 Å². The van der Waals surface area contributed by atoms with Crippen LogP contribution >= 0.6 is 0 Å². The first kappa shape index (κ1) is 25.2. The van der Waals surface area contributed by atoms with E-state index in [1.54, 1.807) is 30.3 Å². The predicted molar refractivity (Wildman–Crippen MR) is 123 cm³/mol. The first-order valence-electron chi connectivity index (χ1n) is 10.6. The normalized spacial score (nSPS) is 15.9. The molecule has 3 amide bonds. The molecule has 1 aliphatic rings. The third-order valence-electron chi connectivity index (χ3n) is 5.70. The number of hydrogen-bond acceptors (Lipinski definition) is 6. The van der Waals surface area contributed by atoms with E-state index in [0.29, 0.717) is 29.2 Å². The highest BCUT2D eigenvalue weighted by Crippen LogP contribution is 2.36. The quantitative estimate of drug-likeness (QED) is 0.429. The number of urea groups is 1. The van der Waals surface area contributed by atoms with Gasteiger partial charge in [0.2, 0.25) is 0 Å². The number of alkyl halides is 3. The van der Waals surface area contributed by atoms with E-state index in [-0.39, 0.29) is 12.2 Å². The topological polar surface area (TPSA) is 96.9 Å². The summed E-state index contributed by atoms with van der Waals surface area (Å²) in [5.41, 5.74) is -6.29. The van der Waals surface area contributed by atoms with Gasteiger partial charge in [-0.15, -0.1) is 0 Å². The van der Waals surface area contributed by atoms with Gasteiger partial charge in [-0.1, -0.05) is 18.2 Å². The van der Waals surface area contributed by atoms with Gasteiger partial charge < -0.3 is 9.64 Å². The fourth-order valence-corrected chi connectivity index (χ4v) is 4.42.